The smallest absolute Gasteiger partial charge is 0.355 e. The largest absolute Gasteiger partial charge is 0.465 e. The normalized spacial score (nSPS) is 10.3. The summed E-state index contributed by atoms with van der Waals surface area (Å²) in [5.74, 6) is -1.77. The lowest BCUT2D eigenvalue weighted by atomic mass is 10.1. The van der Waals surface area contributed by atoms with E-state index in [-0.39, 0.29) is 15.7 Å². The van der Waals surface area contributed by atoms with Crippen LogP contribution in [0.25, 0.3) is 11.3 Å². The number of carbonyl (C=O) groups excluding carboxylic acids is 2. The highest BCUT2D eigenvalue weighted by Crippen LogP contribution is 2.27. The van der Waals surface area contributed by atoms with Crippen molar-refractivity contribution in [3.63, 3.8) is 0 Å². The van der Waals surface area contributed by atoms with Gasteiger partial charge in [-0.15, -0.1) is 0 Å². The molecule has 0 spiro atoms. The maximum atomic E-state index is 13.3. The monoisotopic (exact) mass is 355 g/mol. The molecule has 5 nitrogen and oxygen atoms in total. The Labute approximate surface area is 128 Å². The number of benzene rings is 1. The number of nitrogens with one attached hydrogen (secondary N) is 1. The van der Waals surface area contributed by atoms with E-state index in [4.69, 9.17) is 0 Å². The van der Waals surface area contributed by atoms with Crippen LogP contribution in [0.2, 0.25) is 0 Å². The number of methoxy groups -OCH3 is 2. The molecule has 2 rings (SSSR count). The lowest BCUT2D eigenvalue weighted by molar-refractivity contribution is 0.0552. The molecule has 21 heavy (non-hydrogen) atoms. The first-order valence-corrected chi connectivity index (χ1v) is 6.62. The number of rotatable bonds is 3. The quantitative estimate of drug-likeness (QED) is 0.858. The highest BCUT2D eigenvalue weighted by atomic mass is 79.9. The summed E-state index contributed by atoms with van der Waals surface area (Å²) in [6, 6.07) is 5.78. The van der Waals surface area contributed by atoms with Crippen LogP contribution >= 0.6 is 15.9 Å². The van der Waals surface area contributed by atoms with Gasteiger partial charge in [0.1, 0.15) is 11.5 Å². The predicted molar refractivity (Wildman–Crippen MR) is 76.6 cm³/mol. The van der Waals surface area contributed by atoms with E-state index in [1.807, 2.05) is 0 Å². The topological polar surface area (TPSA) is 68.4 Å². The molecule has 1 heterocycles. The van der Waals surface area contributed by atoms with Crippen molar-refractivity contribution in [3.8, 4) is 11.3 Å². The highest BCUT2D eigenvalue weighted by Gasteiger charge is 2.22. The molecule has 1 aromatic carbocycles. The van der Waals surface area contributed by atoms with Gasteiger partial charge in [0.25, 0.3) is 0 Å². The van der Waals surface area contributed by atoms with Crippen LogP contribution in [-0.4, -0.2) is 31.1 Å². The van der Waals surface area contributed by atoms with Gasteiger partial charge in [-0.2, -0.15) is 0 Å². The molecule has 0 atom stereocenters. The average Bonchev–Trinajstić information content (AvgIpc) is 2.93. The third-order valence-corrected chi connectivity index (χ3v) is 3.45. The van der Waals surface area contributed by atoms with E-state index in [0.29, 0.717) is 11.3 Å². The van der Waals surface area contributed by atoms with Crippen LogP contribution < -0.4 is 0 Å². The molecule has 0 aliphatic carbocycles. The van der Waals surface area contributed by atoms with E-state index >= 15 is 0 Å². The van der Waals surface area contributed by atoms with E-state index in [0.717, 1.165) is 0 Å². The van der Waals surface area contributed by atoms with Gasteiger partial charge in [-0.25, -0.2) is 14.0 Å². The van der Waals surface area contributed by atoms with Gasteiger partial charge >= 0.3 is 11.9 Å². The number of carbonyl (C=O) groups is 2. The second-order valence-corrected chi connectivity index (χ2v) is 4.94. The summed E-state index contributed by atoms with van der Waals surface area (Å²) in [6.45, 7) is 0. The van der Waals surface area contributed by atoms with Gasteiger partial charge in [-0.3, -0.25) is 0 Å². The summed E-state index contributed by atoms with van der Waals surface area (Å²) in [5.41, 5.74) is 1.11. The Bertz CT molecular complexity index is 677. The Morgan fingerprint density at radius 1 is 1.14 bits per heavy atom. The third kappa shape index (κ3) is 2.97. The zero-order chi connectivity index (χ0) is 15.6. The van der Waals surface area contributed by atoms with Crippen LogP contribution in [0.3, 0.4) is 0 Å². The minimum absolute atomic E-state index is 0.0141. The molecule has 7 heteroatoms. The van der Waals surface area contributed by atoms with Crippen LogP contribution in [0.4, 0.5) is 4.39 Å². The first-order chi connectivity index (χ1) is 9.97. The Morgan fingerprint density at radius 2 is 1.81 bits per heavy atom. The molecule has 110 valence electrons. The number of H-pyrrole nitrogens is 1. The molecule has 0 radical (unpaired) electrons. The fourth-order valence-electron chi connectivity index (χ4n) is 1.81. The van der Waals surface area contributed by atoms with Gasteiger partial charge in [0.15, 0.2) is 0 Å². The Kier molecular flexibility index (Phi) is 4.42. The van der Waals surface area contributed by atoms with E-state index < -0.39 is 17.8 Å². The van der Waals surface area contributed by atoms with Crippen LogP contribution in [0.15, 0.2) is 28.7 Å². The van der Waals surface area contributed by atoms with Crippen LogP contribution in [0.5, 0.6) is 0 Å². The SMILES string of the molecule is COC(=O)c1cc(-c2ccc(F)c(Br)c2)[nH]c1C(=O)OC. The van der Waals surface area contributed by atoms with Crippen molar-refractivity contribution in [1.29, 1.82) is 0 Å². The molecule has 1 aromatic heterocycles. The maximum absolute atomic E-state index is 13.3. The molecule has 2 aromatic rings. The van der Waals surface area contributed by atoms with Crippen molar-refractivity contribution in [2.24, 2.45) is 0 Å². The molecule has 1 N–H and O–H groups in total. The predicted octanol–water partition coefficient (Wildman–Crippen LogP) is 3.16. The number of hydrogen-bond acceptors (Lipinski definition) is 4. The van der Waals surface area contributed by atoms with Gasteiger partial charge in [-0.05, 0) is 45.8 Å². The summed E-state index contributed by atoms with van der Waals surface area (Å²) < 4.78 is 22.8. The molecule has 0 fully saturated rings. The minimum Gasteiger partial charge on any atom is -0.465 e. The summed E-state index contributed by atoms with van der Waals surface area (Å²) >= 11 is 3.08. The zero-order valence-corrected chi connectivity index (χ0v) is 12.8. The second kappa shape index (κ2) is 6.09. The molecule has 0 aliphatic rings. The maximum Gasteiger partial charge on any atom is 0.355 e. The van der Waals surface area contributed by atoms with E-state index in [2.05, 4.69) is 30.4 Å². The lowest BCUT2D eigenvalue weighted by Gasteiger charge is -2.00. The summed E-state index contributed by atoms with van der Waals surface area (Å²) in [4.78, 5) is 26.2. The Balaban J connectivity index is 2.55. The van der Waals surface area contributed by atoms with Gasteiger partial charge in [0.05, 0.1) is 24.3 Å². The number of aromatic nitrogens is 1. The van der Waals surface area contributed by atoms with Gasteiger partial charge in [0.2, 0.25) is 0 Å². The Hall–Kier alpha value is -2.15. The average molecular weight is 356 g/mol. The van der Waals surface area contributed by atoms with Crippen LogP contribution in [-0.2, 0) is 9.47 Å². The van der Waals surface area contributed by atoms with Gasteiger partial charge in [0, 0.05) is 5.69 Å². The fraction of sp³-hybridized carbons (Fsp3) is 0.143. The second-order valence-electron chi connectivity index (χ2n) is 4.08. The zero-order valence-electron chi connectivity index (χ0n) is 11.2. The first-order valence-electron chi connectivity index (χ1n) is 5.83. The minimum atomic E-state index is -0.692. The van der Waals surface area contributed by atoms with Crippen molar-refractivity contribution in [1.82, 2.24) is 4.98 Å². The number of halogens is 2. The van der Waals surface area contributed by atoms with E-state index in [9.17, 15) is 14.0 Å². The molecule has 0 unspecified atom stereocenters. The number of esters is 2. The van der Waals surface area contributed by atoms with E-state index in [1.165, 1.54) is 38.5 Å². The highest BCUT2D eigenvalue weighted by molar-refractivity contribution is 9.10. The number of aromatic amines is 1. The summed E-state index contributed by atoms with van der Waals surface area (Å²) in [7, 11) is 2.42. The van der Waals surface area contributed by atoms with Crippen molar-refractivity contribution in [2.45, 2.75) is 0 Å². The van der Waals surface area contributed by atoms with Gasteiger partial charge < -0.3 is 14.5 Å². The molecule has 0 saturated carbocycles. The summed E-state index contributed by atoms with van der Waals surface area (Å²) in [5, 5.41) is 0. The first kappa shape index (κ1) is 15.2. The van der Waals surface area contributed by atoms with Crippen LogP contribution in [0.1, 0.15) is 20.8 Å². The molecule has 0 amide bonds. The summed E-state index contributed by atoms with van der Waals surface area (Å²) in [6.07, 6.45) is 0. The fourth-order valence-corrected chi connectivity index (χ4v) is 2.19. The number of hydrogen-bond donors (Lipinski definition) is 1. The van der Waals surface area contributed by atoms with Crippen molar-refractivity contribution in [3.05, 3.63) is 45.8 Å². The van der Waals surface area contributed by atoms with Crippen LogP contribution in [0, 0.1) is 5.82 Å². The molecule has 0 bridgehead atoms. The van der Waals surface area contributed by atoms with E-state index in [1.54, 1.807) is 0 Å². The Morgan fingerprint density at radius 3 is 2.38 bits per heavy atom. The van der Waals surface area contributed by atoms with Gasteiger partial charge in [-0.1, -0.05) is 0 Å². The molecule has 0 saturated heterocycles. The third-order valence-electron chi connectivity index (χ3n) is 2.84. The molecular weight excluding hydrogens is 345 g/mol. The number of ether oxygens (including phenoxy) is 2. The molecule has 0 aliphatic heterocycles. The van der Waals surface area contributed by atoms with Crippen molar-refractivity contribution >= 4 is 27.9 Å². The standard InChI is InChI=1S/C14H11BrFNO4/c1-20-13(18)8-6-11(17-12(8)14(19)21-2)7-3-4-10(16)9(15)5-7/h3-6,17H,1-2H3. The lowest BCUT2D eigenvalue weighted by Crippen LogP contribution is -2.10. The van der Waals surface area contributed by atoms with Crippen molar-refractivity contribution in [2.75, 3.05) is 14.2 Å². The molecular formula is C14H11BrFNO4. The van der Waals surface area contributed by atoms with Crippen molar-refractivity contribution < 1.29 is 23.5 Å².